The van der Waals surface area contributed by atoms with E-state index in [0.29, 0.717) is 23.1 Å². The molecule has 11 nitrogen and oxygen atoms in total. The molecule has 0 spiro atoms. The average molecular weight is 469 g/mol. The summed E-state index contributed by atoms with van der Waals surface area (Å²) in [5.41, 5.74) is 1.10. The second-order valence-corrected chi connectivity index (χ2v) is 7.13. The molecular weight excluding hydrogens is 452 g/mol. The van der Waals surface area contributed by atoms with E-state index < -0.39 is 10.8 Å². The molecule has 33 heavy (non-hydrogen) atoms. The highest BCUT2D eigenvalue weighted by Gasteiger charge is 2.16. The number of benzene rings is 2. The normalized spacial score (nSPS) is 10.7. The Morgan fingerprint density at radius 3 is 2.82 bits per heavy atom. The number of halogens is 1. The van der Waals surface area contributed by atoms with Crippen molar-refractivity contribution in [3.8, 4) is 23.0 Å². The van der Waals surface area contributed by atoms with Gasteiger partial charge in [-0.05, 0) is 30.3 Å². The number of hydrogen-bond acceptors (Lipinski definition) is 8. The van der Waals surface area contributed by atoms with Crippen molar-refractivity contribution in [2.24, 2.45) is 0 Å². The molecule has 0 bridgehead atoms. The molecule has 168 valence electrons. The number of nitro groups is 1. The molecule has 4 rings (SSSR count). The summed E-state index contributed by atoms with van der Waals surface area (Å²) < 4.78 is 12.4. The Morgan fingerprint density at radius 2 is 2.03 bits per heavy atom. The van der Waals surface area contributed by atoms with Crippen LogP contribution in [0.5, 0.6) is 11.6 Å². The third-order valence-corrected chi connectivity index (χ3v) is 4.93. The number of methoxy groups -OCH3 is 1. The van der Waals surface area contributed by atoms with Gasteiger partial charge >= 0.3 is 0 Å². The van der Waals surface area contributed by atoms with Crippen LogP contribution in [0.4, 0.5) is 5.69 Å². The minimum atomic E-state index is -0.644. The molecule has 12 heteroatoms. The summed E-state index contributed by atoms with van der Waals surface area (Å²) in [6, 6.07) is 14.6. The maximum atomic E-state index is 12.3. The van der Waals surface area contributed by atoms with Gasteiger partial charge in [0.15, 0.2) is 11.5 Å². The molecule has 1 N–H and O–H groups in total. The van der Waals surface area contributed by atoms with Crippen molar-refractivity contribution < 1.29 is 19.2 Å². The molecule has 0 atom stereocenters. The molecule has 4 aromatic rings. The number of rotatable bonds is 8. The van der Waals surface area contributed by atoms with Crippen molar-refractivity contribution >= 4 is 28.8 Å². The molecule has 0 aliphatic carbocycles. The number of carbonyl (C=O) groups is 1. The summed E-state index contributed by atoms with van der Waals surface area (Å²) in [5.74, 6) is 1.02. The highest BCUT2D eigenvalue weighted by atomic mass is 35.5. The zero-order valence-electron chi connectivity index (χ0n) is 17.3. The van der Waals surface area contributed by atoms with E-state index in [-0.39, 0.29) is 29.4 Å². The van der Waals surface area contributed by atoms with Gasteiger partial charge in [0.05, 0.1) is 18.6 Å². The predicted octanol–water partition coefficient (Wildman–Crippen LogP) is 3.17. The van der Waals surface area contributed by atoms with Gasteiger partial charge in [-0.2, -0.15) is 4.52 Å². The fraction of sp³-hybridized carbons (Fsp3) is 0.143. The number of carbonyl (C=O) groups excluding carboxylic acids is 1. The van der Waals surface area contributed by atoms with Crippen LogP contribution in [0.3, 0.4) is 0 Å². The topological polar surface area (TPSA) is 134 Å². The van der Waals surface area contributed by atoms with Crippen LogP contribution >= 0.6 is 11.6 Å². The molecule has 2 aromatic heterocycles. The molecule has 0 fully saturated rings. The van der Waals surface area contributed by atoms with Gasteiger partial charge in [0, 0.05) is 23.3 Å². The van der Waals surface area contributed by atoms with E-state index in [4.69, 9.17) is 21.1 Å². The van der Waals surface area contributed by atoms with Gasteiger partial charge in [0.25, 0.3) is 11.6 Å². The van der Waals surface area contributed by atoms with E-state index in [1.165, 1.54) is 12.1 Å². The molecule has 0 aliphatic rings. The molecule has 0 radical (unpaired) electrons. The molecule has 1 amide bonds. The first-order valence-electron chi connectivity index (χ1n) is 9.68. The number of nitro benzene ring substituents is 1. The van der Waals surface area contributed by atoms with Crippen LogP contribution < -0.4 is 14.8 Å². The Bertz CT molecular complexity index is 1340. The van der Waals surface area contributed by atoms with E-state index in [1.54, 1.807) is 23.8 Å². The summed E-state index contributed by atoms with van der Waals surface area (Å²) in [4.78, 5) is 22.6. The van der Waals surface area contributed by atoms with Crippen molar-refractivity contribution in [1.82, 2.24) is 25.1 Å². The first kappa shape index (κ1) is 22.0. The quantitative estimate of drug-likeness (QED) is 0.237. The Balaban J connectivity index is 1.40. The first-order valence-corrected chi connectivity index (χ1v) is 10.1. The second kappa shape index (κ2) is 9.49. The lowest BCUT2D eigenvalue weighted by Gasteiger charge is -2.08. The highest BCUT2D eigenvalue weighted by molar-refractivity contribution is 6.32. The Kier molecular flexibility index (Phi) is 6.31. The molecule has 0 unspecified atom stereocenters. The maximum Gasteiger partial charge on any atom is 0.288 e. The van der Waals surface area contributed by atoms with Gasteiger partial charge < -0.3 is 14.8 Å². The van der Waals surface area contributed by atoms with Crippen molar-refractivity contribution in [2.75, 3.05) is 20.3 Å². The fourth-order valence-corrected chi connectivity index (χ4v) is 3.19. The summed E-state index contributed by atoms with van der Waals surface area (Å²) in [5, 5.41) is 26.3. The number of hydrogen-bond donors (Lipinski definition) is 1. The van der Waals surface area contributed by atoms with Crippen molar-refractivity contribution in [2.45, 2.75) is 0 Å². The molecule has 2 heterocycles. The smallest absolute Gasteiger partial charge is 0.288 e. The maximum absolute atomic E-state index is 12.3. The van der Waals surface area contributed by atoms with E-state index in [0.717, 1.165) is 11.6 Å². The Morgan fingerprint density at radius 1 is 1.18 bits per heavy atom. The molecule has 0 aliphatic heterocycles. The van der Waals surface area contributed by atoms with Crippen molar-refractivity contribution in [3.05, 3.63) is 75.3 Å². The molecule has 0 saturated heterocycles. The molecule has 0 saturated carbocycles. The Hall–Kier alpha value is -4.25. The van der Waals surface area contributed by atoms with E-state index in [2.05, 4.69) is 20.6 Å². The van der Waals surface area contributed by atoms with E-state index >= 15 is 0 Å². The number of ether oxygens (including phenoxy) is 2. The summed E-state index contributed by atoms with van der Waals surface area (Å²) >= 11 is 5.77. The van der Waals surface area contributed by atoms with Crippen LogP contribution in [0, 0.1) is 10.1 Å². The molecule has 2 aromatic carbocycles. The summed E-state index contributed by atoms with van der Waals surface area (Å²) in [6.07, 6.45) is 0. The zero-order valence-corrected chi connectivity index (χ0v) is 18.0. The van der Waals surface area contributed by atoms with Gasteiger partial charge in [0.1, 0.15) is 17.4 Å². The van der Waals surface area contributed by atoms with Gasteiger partial charge in [0.2, 0.25) is 5.88 Å². The number of nitrogens with one attached hydrogen (secondary N) is 1. The lowest BCUT2D eigenvalue weighted by molar-refractivity contribution is -0.384. The van der Waals surface area contributed by atoms with Crippen LogP contribution in [-0.4, -0.2) is 50.9 Å². The van der Waals surface area contributed by atoms with Gasteiger partial charge in [-0.1, -0.05) is 23.7 Å². The standard InChI is InChI=1S/C21H17ClN6O5/c1-32-15-4-2-3-13(11-15)20-25-24-18-7-8-19(26-27(18)20)33-10-9-23-21(29)14-5-6-16(22)17(12-14)28(30)31/h2-8,11-12H,9-10H2,1H3,(H,23,29). The van der Waals surface area contributed by atoms with E-state index in [1.807, 2.05) is 24.3 Å². The second-order valence-electron chi connectivity index (χ2n) is 6.72. The van der Waals surface area contributed by atoms with Crippen LogP contribution in [-0.2, 0) is 0 Å². The SMILES string of the molecule is COc1cccc(-c2nnc3ccc(OCCNC(=O)c4ccc(Cl)c([N+](=O)[O-])c4)nn23)c1. The first-order chi connectivity index (χ1) is 16.0. The lowest BCUT2D eigenvalue weighted by atomic mass is 10.2. The third-order valence-electron chi connectivity index (χ3n) is 4.61. The van der Waals surface area contributed by atoms with Crippen LogP contribution in [0.15, 0.2) is 54.6 Å². The van der Waals surface area contributed by atoms with Crippen LogP contribution in [0.25, 0.3) is 17.0 Å². The molecular formula is C21H17ClN6O5. The van der Waals surface area contributed by atoms with Crippen molar-refractivity contribution in [3.63, 3.8) is 0 Å². The number of nitrogens with zero attached hydrogens (tertiary/aromatic N) is 5. The van der Waals surface area contributed by atoms with Crippen molar-refractivity contribution in [1.29, 1.82) is 0 Å². The summed E-state index contributed by atoms with van der Waals surface area (Å²) in [7, 11) is 1.58. The average Bonchev–Trinajstić information content (AvgIpc) is 3.25. The minimum absolute atomic E-state index is 0.0383. The largest absolute Gasteiger partial charge is 0.497 e. The number of amides is 1. The lowest BCUT2D eigenvalue weighted by Crippen LogP contribution is -2.28. The van der Waals surface area contributed by atoms with Gasteiger partial charge in [-0.15, -0.1) is 15.3 Å². The van der Waals surface area contributed by atoms with Gasteiger partial charge in [-0.25, -0.2) is 0 Å². The minimum Gasteiger partial charge on any atom is -0.497 e. The number of aromatic nitrogens is 4. The summed E-state index contributed by atoms with van der Waals surface area (Å²) in [6.45, 7) is 0.274. The monoisotopic (exact) mass is 468 g/mol. The van der Waals surface area contributed by atoms with Crippen LogP contribution in [0.1, 0.15) is 10.4 Å². The third kappa shape index (κ3) is 4.83. The van der Waals surface area contributed by atoms with E-state index in [9.17, 15) is 14.9 Å². The Labute approximate surface area is 192 Å². The number of fused-ring (bicyclic) bond motifs is 1. The predicted molar refractivity (Wildman–Crippen MR) is 119 cm³/mol. The zero-order chi connectivity index (χ0) is 23.4. The highest BCUT2D eigenvalue weighted by Crippen LogP contribution is 2.25. The fourth-order valence-electron chi connectivity index (χ4n) is 3.01. The van der Waals surface area contributed by atoms with Gasteiger partial charge in [-0.3, -0.25) is 14.9 Å². The van der Waals surface area contributed by atoms with Crippen LogP contribution in [0.2, 0.25) is 5.02 Å².